The van der Waals surface area contributed by atoms with E-state index in [2.05, 4.69) is 28.4 Å². The van der Waals surface area contributed by atoms with E-state index >= 15 is 0 Å². The van der Waals surface area contributed by atoms with Crippen LogP contribution in [0.5, 0.6) is 0 Å². The van der Waals surface area contributed by atoms with E-state index in [0.29, 0.717) is 0 Å². The first-order valence-electron chi connectivity index (χ1n) is 5.87. The third-order valence-corrected chi connectivity index (χ3v) is 3.04. The Balaban J connectivity index is 2.25. The average Bonchev–Trinajstić information content (AvgIpc) is 2.79. The molecule has 2 heterocycles. The summed E-state index contributed by atoms with van der Waals surface area (Å²) in [6.07, 6.45) is 8.31. The second-order valence-electron chi connectivity index (χ2n) is 4.26. The Bertz CT molecular complexity index is 490. The largest absolute Gasteiger partial charge is 0.329 e. The van der Waals surface area contributed by atoms with Crippen LogP contribution in [0.3, 0.4) is 0 Å². The van der Waals surface area contributed by atoms with Gasteiger partial charge in [0.2, 0.25) is 0 Å². The monoisotopic (exact) mass is 230 g/mol. The van der Waals surface area contributed by atoms with E-state index in [0.717, 1.165) is 18.7 Å². The third kappa shape index (κ3) is 2.53. The molecule has 0 aliphatic heterocycles. The van der Waals surface area contributed by atoms with Crippen molar-refractivity contribution < 1.29 is 0 Å². The maximum absolute atomic E-state index is 6.06. The molecule has 0 aromatic carbocycles. The highest BCUT2D eigenvalue weighted by Crippen LogP contribution is 2.15. The van der Waals surface area contributed by atoms with E-state index < -0.39 is 0 Å². The molecule has 0 saturated carbocycles. The molecule has 2 aromatic heterocycles. The highest BCUT2D eigenvalue weighted by molar-refractivity contribution is 5.22. The summed E-state index contributed by atoms with van der Waals surface area (Å²) >= 11 is 0. The van der Waals surface area contributed by atoms with Crippen molar-refractivity contribution in [1.82, 2.24) is 14.5 Å². The summed E-state index contributed by atoms with van der Waals surface area (Å²) in [7, 11) is 0. The molecule has 0 aliphatic rings. The minimum absolute atomic E-state index is 0.0552. The Morgan fingerprint density at radius 2 is 2.18 bits per heavy atom. The zero-order valence-corrected chi connectivity index (χ0v) is 10.3. The molecule has 0 spiro atoms. The molecule has 2 N–H and O–H groups in total. The van der Waals surface area contributed by atoms with Gasteiger partial charge in [0.25, 0.3) is 0 Å². The lowest BCUT2D eigenvalue weighted by molar-refractivity contribution is 0.617. The number of aromatic nitrogens is 3. The lowest BCUT2D eigenvalue weighted by atomic mass is 10.1. The molecule has 0 fully saturated rings. The van der Waals surface area contributed by atoms with Crippen molar-refractivity contribution in [2.45, 2.75) is 32.9 Å². The van der Waals surface area contributed by atoms with E-state index in [1.165, 1.54) is 11.1 Å². The minimum atomic E-state index is 0.0552. The molecule has 0 aliphatic carbocycles. The summed E-state index contributed by atoms with van der Waals surface area (Å²) < 4.78 is 2.11. The number of hydrogen-bond acceptors (Lipinski definition) is 3. The van der Waals surface area contributed by atoms with Crippen LogP contribution < -0.4 is 5.73 Å². The van der Waals surface area contributed by atoms with Gasteiger partial charge in [-0.25, -0.2) is 4.98 Å². The summed E-state index contributed by atoms with van der Waals surface area (Å²) in [5.41, 5.74) is 9.59. The Hall–Kier alpha value is -1.68. The second-order valence-corrected chi connectivity index (χ2v) is 4.26. The van der Waals surface area contributed by atoms with Gasteiger partial charge in [-0.05, 0) is 30.5 Å². The number of nitrogens with zero attached hydrogens (tertiary/aromatic N) is 3. The molecule has 2 rings (SSSR count). The lowest BCUT2D eigenvalue weighted by Crippen LogP contribution is -2.15. The first-order valence-corrected chi connectivity index (χ1v) is 5.87. The van der Waals surface area contributed by atoms with Gasteiger partial charge in [-0.3, -0.25) is 4.98 Å². The fourth-order valence-electron chi connectivity index (χ4n) is 1.84. The molecule has 4 nitrogen and oxygen atoms in total. The highest BCUT2D eigenvalue weighted by atomic mass is 15.1. The molecule has 17 heavy (non-hydrogen) atoms. The molecule has 1 atom stereocenters. The second kappa shape index (κ2) is 5.10. The van der Waals surface area contributed by atoms with Crippen molar-refractivity contribution in [3.05, 3.63) is 47.8 Å². The van der Waals surface area contributed by atoms with Gasteiger partial charge in [0.1, 0.15) is 0 Å². The van der Waals surface area contributed by atoms with Crippen LogP contribution in [0, 0.1) is 6.92 Å². The quantitative estimate of drug-likeness (QED) is 0.874. The standard InChI is InChI=1S/C13H18N4/c1-3-12(14)13-7-16-9-17(13)8-11-4-5-15-6-10(11)2/h4-7,9,12H,3,8,14H2,1-2H3/t12-/m1/s1. The lowest BCUT2D eigenvalue weighted by Gasteiger charge is -2.13. The summed E-state index contributed by atoms with van der Waals surface area (Å²) in [4.78, 5) is 8.28. The molecule has 0 radical (unpaired) electrons. The molecule has 0 saturated heterocycles. The van der Waals surface area contributed by atoms with Crippen molar-refractivity contribution >= 4 is 0 Å². The third-order valence-electron chi connectivity index (χ3n) is 3.04. The SMILES string of the molecule is CC[C@@H](N)c1cncn1Cc1ccncc1C. The Labute approximate surface area is 102 Å². The average molecular weight is 230 g/mol. The topological polar surface area (TPSA) is 56.7 Å². The van der Waals surface area contributed by atoms with Crippen molar-refractivity contribution in [2.75, 3.05) is 0 Å². The van der Waals surface area contributed by atoms with Crippen LogP contribution in [0.25, 0.3) is 0 Å². The first kappa shape index (κ1) is 11.8. The van der Waals surface area contributed by atoms with Crippen molar-refractivity contribution in [3.63, 3.8) is 0 Å². The van der Waals surface area contributed by atoms with Gasteiger partial charge in [-0.15, -0.1) is 0 Å². The highest BCUT2D eigenvalue weighted by Gasteiger charge is 2.10. The van der Waals surface area contributed by atoms with Gasteiger partial charge in [0, 0.05) is 31.2 Å². The number of pyridine rings is 1. The van der Waals surface area contributed by atoms with Gasteiger partial charge >= 0.3 is 0 Å². The number of hydrogen-bond donors (Lipinski definition) is 1. The van der Waals surface area contributed by atoms with Crippen LogP contribution >= 0.6 is 0 Å². The first-order chi connectivity index (χ1) is 8.22. The van der Waals surface area contributed by atoms with Gasteiger partial charge in [0.05, 0.1) is 12.0 Å². The van der Waals surface area contributed by atoms with Crippen molar-refractivity contribution in [1.29, 1.82) is 0 Å². The number of imidazole rings is 1. The maximum atomic E-state index is 6.06. The molecular formula is C13H18N4. The molecule has 0 bridgehead atoms. The molecule has 90 valence electrons. The van der Waals surface area contributed by atoms with E-state index in [1.54, 1.807) is 0 Å². The van der Waals surface area contributed by atoms with Crippen molar-refractivity contribution in [3.8, 4) is 0 Å². The summed E-state index contributed by atoms with van der Waals surface area (Å²) in [6, 6.07) is 2.09. The van der Waals surface area contributed by atoms with Crippen LogP contribution in [0.1, 0.15) is 36.2 Å². The van der Waals surface area contributed by atoms with Gasteiger partial charge in [-0.1, -0.05) is 6.92 Å². The predicted molar refractivity (Wildman–Crippen MR) is 67.5 cm³/mol. The zero-order valence-electron chi connectivity index (χ0n) is 10.3. The fourth-order valence-corrected chi connectivity index (χ4v) is 1.84. The van der Waals surface area contributed by atoms with E-state index in [1.807, 2.05) is 31.0 Å². The number of aryl methyl sites for hydroxylation is 1. The fraction of sp³-hybridized carbons (Fsp3) is 0.385. The summed E-state index contributed by atoms with van der Waals surface area (Å²) in [5, 5.41) is 0. The van der Waals surface area contributed by atoms with Gasteiger partial charge < -0.3 is 10.3 Å². The van der Waals surface area contributed by atoms with Crippen LogP contribution in [-0.2, 0) is 6.54 Å². The van der Waals surface area contributed by atoms with Crippen LogP contribution in [0.2, 0.25) is 0 Å². The minimum Gasteiger partial charge on any atom is -0.329 e. The normalized spacial score (nSPS) is 12.6. The van der Waals surface area contributed by atoms with E-state index in [9.17, 15) is 0 Å². The van der Waals surface area contributed by atoms with Crippen LogP contribution in [0.15, 0.2) is 31.0 Å². The Kier molecular flexibility index (Phi) is 3.54. The smallest absolute Gasteiger partial charge is 0.0951 e. The van der Waals surface area contributed by atoms with Crippen molar-refractivity contribution in [2.24, 2.45) is 5.73 Å². The Morgan fingerprint density at radius 3 is 2.88 bits per heavy atom. The molecule has 0 amide bonds. The summed E-state index contributed by atoms with van der Waals surface area (Å²) in [5.74, 6) is 0. The number of rotatable bonds is 4. The van der Waals surface area contributed by atoms with E-state index in [4.69, 9.17) is 5.73 Å². The molecule has 2 aromatic rings. The summed E-state index contributed by atoms with van der Waals surface area (Å²) in [6.45, 7) is 4.95. The molecule has 4 heteroatoms. The van der Waals surface area contributed by atoms with Crippen LogP contribution in [-0.4, -0.2) is 14.5 Å². The Morgan fingerprint density at radius 1 is 1.35 bits per heavy atom. The van der Waals surface area contributed by atoms with Gasteiger partial charge in [0.15, 0.2) is 0 Å². The maximum Gasteiger partial charge on any atom is 0.0951 e. The van der Waals surface area contributed by atoms with Gasteiger partial charge in [-0.2, -0.15) is 0 Å². The zero-order chi connectivity index (χ0) is 12.3. The van der Waals surface area contributed by atoms with Crippen LogP contribution in [0.4, 0.5) is 0 Å². The molecular weight excluding hydrogens is 212 g/mol. The predicted octanol–water partition coefficient (Wildman–Crippen LogP) is 2.04. The number of nitrogens with two attached hydrogens (primary N) is 1. The van der Waals surface area contributed by atoms with E-state index in [-0.39, 0.29) is 6.04 Å². The molecule has 0 unspecified atom stereocenters.